The summed E-state index contributed by atoms with van der Waals surface area (Å²) in [7, 11) is 4.46. The molecule has 1 heterocycles. The van der Waals surface area contributed by atoms with Crippen LogP contribution in [0.15, 0.2) is 17.3 Å². The molecule has 0 aliphatic heterocycles. The molecular formula is C11H16F3N3O. The summed E-state index contributed by atoms with van der Waals surface area (Å²) in [5.41, 5.74) is 0.390. The summed E-state index contributed by atoms with van der Waals surface area (Å²) in [4.78, 5) is 3.83. The van der Waals surface area contributed by atoms with Gasteiger partial charge in [0.15, 0.2) is 17.0 Å². The van der Waals surface area contributed by atoms with Crippen LogP contribution in [-0.4, -0.2) is 25.3 Å². The highest BCUT2D eigenvalue weighted by atomic mass is 19.3. The molecule has 0 saturated carbocycles. The van der Waals surface area contributed by atoms with Crippen LogP contribution in [0.25, 0.3) is 0 Å². The Bertz CT molecular complexity index is 483. The first-order valence-corrected chi connectivity index (χ1v) is 5.28. The third-order valence-electron chi connectivity index (χ3n) is 2.61. The Balaban J connectivity index is 3.40. The van der Waals surface area contributed by atoms with Crippen molar-refractivity contribution in [2.45, 2.75) is 19.3 Å². The van der Waals surface area contributed by atoms with Gasteiger partial charge in [-0.2, -0.15) is 8.78 Å². The molecule has 1 rings (SSSR count). The lowest BCUT2D eigenvalue weighted by Crippen LogP contribution is -2.34. The standard InChI is InChI=1S/C11H16F3N3O/c1-11(14,16-3)7-5-8(18-10(12)13)9(15-2)17(4)6-7/h5-6,10,16H,1-4H3/b15-9-. The molecule has 1 aromatic heterocycles. The number of halogens is 3. The molecule has 1 aromatic rings. The summed E-state index contributed by atoms with van der Waals surface area (Å²) in [5, 5.41) is 2.45. The van der Waals surface area contributed by atoms with Gasteiger partial charge in [-0.1, -0.05) is 0 Å². The number of alkyl halides is 3. The molecule has 0 saturated heterocycles. The summed E-state index contributed by atoms with van der Waals surface area (Å²) in [6.07, 6.45) is 1.47. The molecule has 102 valence electrons. The van der Waals surface area contributed by atoms with Crippen molar-refractivity contribution in [2.24, 2.45) is 12.0 Å². The number of pyridine rings is 1. The predicted octanol–water partition coefficient (Wildman–Crippen LogP) is 1.52. The second-order valence-electron chi connectivity index (χ2n) is 3.88. The molecule has 7 heteroatoms. The largest absolute Gasteiger partial charge is 0.431 e. The van der Waals surface area contributed by atoms with E-state index in [1.807, 2.05) is 0 Å². The second kappa shape index (κ2) is 5.43. The topological polar surface area (TPSA) is 38.5 Å². The van der Waals surface area contributed by atoms with Crippen LogP contribution < -0.4 is 15.5 Å². The number of aryl methyl sites for hydroxylation is 1. The number of ether oxygens (including phenoxy) is 1. The van der Waals surface area contributed by atoms with Crippen LogP contribution in [-0.2, 0) is 12.8 Å². The maximum absolute atomic E-state index is 14.1. The molecule has 0 radical (unpaired) electrons. The fraction of sp³-hybridized carbons (Fsp3) is 0.545. The van der Waals surface area contributed by atoms with Gasteiger partial charge in [-0.15, -0.1) is 0 Å². The van der Waals surface area contributed by atoms with Gasteiger partial charge >= 0.3 is 6.61 Å². The minimum Gasteiger partial charge on any atom is -0.431 e. The molecule has 1 unspecified atom stereocenters. The van der Waals surface area contributed by atoms with Crippen molar-refractivity contribution in [2.75, 3.05) is 14.1 Å². The smallest absolute Gasteiger partial charge is 0.387 e. The summed E-state index contributed by atoms with van der Waals surface area (Å²) in [6.45, 7) is -1.70. The average molecular weight is 263 g/mol. The Hall–Kier alpha value is -1.50. The van der Waals surface area contributed by atoms with E-state index in [4.69, 9.17) is 0 Å². The van der Waals surface area contributed by atoms with Crippen LogP contribution in [0.2, 0.25) is 0 Å². The molecular weight excluding hydrogens is 247 g/mol. The van der Waals surface area contributed by atoms with Gasteiger partial charge in [-0.25, -0.2) is 4.39 Å². The van der Waals surface area contributed by atoms with E-state index in [0.717, 1.165) is 0 Å². The van der Waals surface area contributed by atoms with Gasteiger partial charge in [0.2, 0.25) is 0 Å². The van der Waals surface area contributed by atoms with Gasteiger partial charge < -0.3 is 9.30 Å². The number of nitrogens with zero attached hydrogens (tertiary/aromatic N) is 2. The van der Waals surface area contributed by atoms with Crippen LogP contribution in [0.5, 0.6) is 5.75 Å². The van der Waals surface area contributed by atoms with E-state index in [9.17, 15) is 13.2 Å². The van der Waals surface area contributed by atoms with Crippen molar-refractivity contribution in [3.63, 3.8) is 0 Å². The van der Waals surface area contributed by atoms with Crippen molar-refractivity contribution >= 4 is 0 Å². The van der Waals surface area contributed by atoms with Gasteiger partial charge in [-0.05, 0) is 20.0 Å². The predicted molar refractivity (Wildman–Crippen MR) is 61.1 cm³/mol. The minimum absolute atomic E-state index is 0.161. The van der Waals surface area contributed by atoms with Crippen molar-refractivity contribution in [1.29, 1.82) is 0 Å². The van der Waals surface area contributed by atoms with E-state index in [1.54, 1.807) is 7.05 Å². The maximum Gasteiger partial charge on any atom is 0.387 e. The van der Waals surface area contributed by atoms with E-state index in [2.05, 4.69) is 15.0 Å². The van der Waals surface area contributed by atoms with Crippen LogP contribution in [0, 0.1) is 0 Å². The first kappa shape index (κ1) is 14.6. The number of aromatic nitrogens is 1. The zero-order chi connectivity index (χ0) is 13.9. The zero-order valence-electron chi connectivity index (χ0n) is 10.7. The van der Waals surface area contributed by atoms with E-state index in [1.165, 1.54) is 37.8 Å². The molecule has 18 heavy (non-hydrogen) atoms. The lowest BCUT2D eigenvalue weighted by Gasteiger charge is -2.21. The molecule has 1 atom stereocenters. The number of hydrogen-bond acceptors (Lipinski definition) is 3. The monoisotopic (exact) mass is 263 g/mol. The van der Waals surface area contributed by atoms with Crippen molar-refractivity contribution in [3.8, 4) is 5.75 Å². The third kappa shape index (κ3) is 3.04. The Morgan fingerprint density at radius 2 is 2.11 bits per heavy atom. The lowest BCUT2D eigenvalue weighted by atomic mass is 10.1. The number of hydrogen-bond donors (Lipinski definition) is 1. The van der Waals surface area contributed by atoms with Gasteiger partial charge in [0.05, 0.1) is 0 Å². The highest BCUT2D eigenvalue weighted by Gasteiger charge is 2.25. The van der Waals surface area contributed by atoms with E-state index < -0.39 is 12.4 Å². The zero-order valence-corrected chi connectivity index (χ0v) is 10.7. The van der Waals surface area contributed by atoms with E-state index in [-0.39, 0.29) is 16.8 Å². The van der Waals surface area contributed by atoms with Gasteiger partial charge in [-0.3, -0.25) is 10.3 Å². The summed E-state index contributed by atoms with van der Waals surface area (Å²) < 4.78 is 44.5. The molecule has 4 nitrogen and oxygen atoms in total. The molecule has 0 fully saturated rings. The molecule has 1 N–H and O–H groups in total. The van der Waals surface area contributed by atoms with Crippen molar-refractivity contribution in [1.82, 2.24) is 9.88 Å². The van der Waals surface area contributed by atoms with Crippen LogP contribution in [0.3, 0.4) is 0 Å². The highest BCUT2D eigenvalue weighted by molar-refractivity contribution is 5.28. The average Bonchev–Trinajstić information content (AvgIpc) is 2.27. The molecule has 0 aliphatic carbocycles. The van der Waals surface area contributed by atoms with Crippen molar-refractivity contribution < 1.29 is 17.9 Å². The molecule has 0 spiro atoms. The van der Waals surface area contributed by atoms with Crippen LogP contribution in [0.4, 0.5) is 13.2 Å². The van der Waals surface area contributed by atoms with Gasteiger partial charge in [0.1, 0.15) is 0 Å². The Labute approximate surface area is 103 Å². The second-order valence-corrected chi connectivity index (χ2v) is 3.88. The van der Waals surface area contributed by atoms with Crippen LogP contribution >= 0.6 is 0 Å². The Kier molecular flexibility index (Phi) is 4.39. The number of nitrogens with one attached hydrogen (secondary N) is 1. The first-order chi connectivity index (χ1) is 8.31. The fourth-order valence-corrected chi connectivity index (χ4v) is 1.54. The summed E-state index contributed by atoms with van der Waals surface area (Å²) in [6, 6.07) is 1.21. The quantitative estimate of drug-likeness (QED) is 0.836. The Morgan fingerprint density at radius 3 is 2.56 bits per heavy atom. The molecule has 0 amide bonds. The summed E-state index contributed by atoms with van der Waals surface area (Å²) >= 11 is 0. The summed E-state index contributed by atoms with van der Waals surface area (Å²) in [5.74, 6) is -2.00. The van der Waals surface area contributed by atoms with E-state index in [0.29, 0.717) is 0 Å². The minimum atomic E-state index is -2.98. The number of rotatable bonds is 4. The Morgan fingerprint density at radius 1 is 1.50 bits per heavy atom. The lowest BCUT2D eigenvalue weighted by molar-refractivity contribution is -0.0515. The van der Waals surface area contributed by atoms with Crippen LogP contribution in [0.1, 0.15) is 12.5 Å². The molecule has 0 bridgehead atoms. The van der Waals surface area contributed by atoms with Gasteiger partial charge in [0, 0.05) is 25.9 Å². The first-order valence-electron chi connectivity index (χ1n) is 5.28. The molecule has 0 aliphatic rings. The highest BCUT2D eigenvalue weighted by Crippen LogP contribution is 2.23. The SMILES string of the molecule is C/N=c1/c(OC(F)F)cc(C(C)(F)NC)cn1C. The maximum atomic E-state index is 14.1. The molecule has 0 aromatic carbocycles. The van der Waals surface area contributed by atoms with E-state index >= 15 is 0 Å². The van der Waals surface area contributed by atoms with Gasteiger partial charge in [0.25, 0.3) is 0 Å². The van der Waals surface area contributed by atoms with Crippen molar-refractivity contribution in [3.05, 3.63) is 23.3 Å². The normalized spacial score (nSPS) is 15.9. The fourth-order valence-electron chi connectivity index (χ4n) is 1.54. The third-order valence-corrected chi connectivity index (χ3v) is 2.61.